The molecule has 1 aromatic heterocycles. The molecule has 0 atom stereocenters. The highest BCUT2D eigenvalue weighted by Crippen LogP contribution is 2.19. The standard InChI is InChI=1S/C10H10F2N4O/c11-6-1-2-7(12)8(5-6)14-10-16-15-9(17-10)3-4-13/h1-2,5H,3-4,13H2,(H,14,16). The van der Waals surface area contributed by atoms with E-state index in [-0.39, 0.29) is 11.7 Å². The summed E-state index contributed by atoms with van der Waals surface area (Å²) >= 11 is 0. The van der Waals surface area contributed by atoms with Crippen molar-refractivity contribution in [2.75, 3.05) is 11.9 Å². The second kappa shape index (κ2) is 4.88. The Morgan fingerprint density at radius 2 is 2.12 bits per heavy atom. The van der Waals surface area contributed by atoms with Gasteiger partial charge in [-0.15, -0.1) is 5.10 Å². The average molecular weight is 240 g/mol. The Morgan fingerprint density at radius 1 is 1.29 bits per heavy atom. The molecule has 0 fully saturated rings. The molecule has 7 heteroatoms. The third kappa shape index (κ3) is 2.76. The van der Waals surface area contributed by atoms with E-state index >= 15 is 0 Å². The fourth-order valence-corrected chi connectivity index (χ4v) is 1.24. The normalized spacial score (nSPS) is 10.5. The van der Waals surface area contributed by atoms with Crippen LogP contribution >= 0.6 is 0 Å². The van der Waals surface area contributed by atoms with Gasteiger partial charge in [0.1, 0.15) is 11.6 Å². The lowest BCUT2D eigenvalue weighted by atomic mass is 10.3. The molecule has 0 radical (unpaired) electrons. The maximum atomic E-state index is 13.3. The molecule has 0 saturated heterocycles. The van der Waals surface area contributed by atoms with Crippen LogP contribution in [0.15, 0.2) is 22.6 Å². The van der Waals surface area contributed by atoms with E-state index in [2.05, 4.69) is 15.5 Å². The smallest absolute Gasteiger partial charge is 0.320 e. The van der Waals surface area contributed by atoms with E-state index in [1.165, 1.54) is 0 Å². The summed E-state index contributed by atoms with van der Waals surface area (Å²) in [5.41, 5.74) is 5.25. The monoisotopic (exact) mass is 240 g/mol. The van der Waals surface area contributed by atoms with Crippen molar-refractivity contribution >= 4 is 11.7 Å². The topological polar surface area (TPSA) is 77.0 Å². The van der Waals surface area contributed by atoms with Crippen molar-refractivity contribution in [3.05, 3.63) is 35.7 Å². The summed E-state index contributed by atoms with van der Waals surface area (Å²) in [6, 6.07) is 3.03. The quantitative estimate of drug-likeness (QED) is 0.848. The first-order valence-corrected chi connectivity index (χ1v) is 4.93. The number of nitrogens with zero attached hydrogens (tertiary/aromatic N) is 2. The van der Waals surface area contributed by atoms with E-state index in [0.29, 0.717) is 18.9 Å². The maximum Gasteiger partial charge on any atom is 0.320 e. The molecule has 90 valence electrons. The Labute approximate surface area is 95.6 Å². The highest BCUT2D eigenvalue weighted by molar-refractivity contribution is 5.52. The zero-order chi connectivity index (χ0) is 12.3. The van der Waals surface area contributed by atoms with Gasteiger partial charge in [0, 0.05) is 19.0 Å². The second-order valence-electron chi connectivity index (χ2n) is 3.29. The molecular formula is C10H10F2N4O. The van der Waals surface area contributed by atoms with Crippen LogP contribution in [-0.2, 0) is 6.42 Å². The van der Waals surface area contributed by atoms with Crippen LogP contribution in [0.1, 0.15) is 5.89 Å². The first-order chi connectivity index (χ1) is 8.19. The summed E-state index contributed by atoms with van der Waals surface area (Å²) < 4.78 is 31.3. The van der Waals surface area contributed by atoms with Gasteiger partial charge in [0.25, 0.3) is 0 Å². The van der Waals surface area contributed by atoms with Gasteiger partial charge in [-0.05, 0) is 12.1 Å². The largest absolute Gasteiger partial charge is 0.408 e. The van der Waals surface area contributed by atoms with Crippen LogP contribution in [0, 0.1) is 11.6 Å². The van der Waals surface area contributed by atoms with Crippen molar-refractivity contribution < 1.29 is 13.2 Å². The summed E-state index contributed by atoms with van der Waals surface area (Å²) in [5, 5.41) is 9.80. The fourth-order valence-electron chi connectivity index (χ4n) is 1.24. The first kappa shape index (κ1) is 11.5. The minimum atomic E-state index is -0.607. The lowest BCUT2D eigenvalue weighted by molar-refractivity contribution is 0.508. The summed E-state index contributed by atoms with van der Waals surface area (Å²) in [6.45, 7) is 0.371. The third-order valence-corrected chi connectivity index (χ3v) is 2.00. The Balaban J connectivity index is 2.16. The molecule has 1 heterocycles. The van der Waals surface area contributed by atoms with Crippen molar-refractivity contribution in [1.82, 2.24) is 10.2 Å². The van der Waals surface area contributed by atoms with Gasteiger partial charge in [0.2, 0.25) is 5.89 Å². The molecular weight excluding hydrogens is 230 g/mol. The Kier molecular flexibility index (Phi) is 3.29. The van der Waals surface area contributed by atoms with Gasteiger partial charge in [-0.25, -0.2) is 8.78 Å². The van der Waals surface area contributed by atoms with Crippen molar-refractivity contribution in [1.29, 1.82) is 0 Å². The van der Waals surface area contributed by atoms with E-state index in [1.807, 2.05) is 0 Å². The molecule has 2 aromatic rings. The van der Waals surface area contributed by atoms with Crippen molar-refractivity contribution in [3.63, 3.8) is 0 Å². The Bertz CT molecular complexity index is 515. The first-order valence-electron chi connectivity index (χ1n) is 4.93. The number of hydrogen-bond donors (Lipinski definition) is 2. The minimum absolute atomic E-state index is 0.00190. The van der Waals surface area contributed by atoms with Gasteiger partial charge < -0.3 is 15.5 Å². The van der Waals surface area contributed by atoms with Gasteiger partial charge in [-0.1, -0.05) is 5.10 Å². The number of nitrogens with two attached hydrogens (primary N) is 1. The molecule has 2 rings (SSSR count). The summed E-state index contributed by atoms with van der Waals surface area (Å²) in [4.78, 5) is 0. The Morgan fingerprint density at radius 3 is 2.88 bits per heavy atom. The van der Waals surface area contributed by atoms with E-state index in [1.54, 1.807) is 0 Å². The lowest BCUT2D eigenvalue weighted by Crippen LogP contribution is -2.02. The fraction of sp³-hybridized carbons (Fsp3) is 0.200. The van der Waals surface area contributed by atoms with Crippen LogP contribution in [0.4, 0.5) is 20.5 Å². The van der Waals surface area contributed by atoms with Crippen LogP contribution < -0.4 is 11.1 Å². The van der Waals surface area contributed by atoms with Crippen LogP contribution in [0.3, 0.4) is 0 Å². The summed E-state index contributed by atoms with van der Waals surface area (Å²) in [6.07, 6.45) is 0.431. The van der Waals surface area contributed by atoms with Crippen LogP contribution in [0.5, 0.6) is 0 Å². The van der Waals surface area contributed by atoms with Crippen LogP contribution in [0.25, 0.3) is 0 Å². The average Bonchev–Trinajstić information content (AvgIpc) is 2.72. The molecule has 5 nitrogen and oxygen atoms in total. The number of anilines is 2. The lowest BCUT2D eigenvalue weighted by Gasteiger charge is -2.02. The van der Waals surface area contributed by atoms with Crippen molar-refractivity contribution in [2.45, 2.75) is 6.42 Å². The molecule has 1 aromatic carbocycles. The molecule has 0 aliphatic heterocycles. The second-order valence-corrected chi connectivity index (χ2v) is 3.29. The SMILES string of the molecule is NCCc1nnc(Nc2cc(F)ccc2F)o1. The molecule has 0 aliphatic rings. The molecule has 0 amide bonds. The third-order valence-electron chi connectivity index (χ3n) is 2.00. The van der Waals surface area contributed by atoms with Gasteiger partial charge in [0.05, 0.1) is 5.69 Å². The number of aromatic nitrogens is 2. The van der Waals surface area contributed by atoms with E-state index in [4.69, 9.17) is 10.2 Å². The zero-order valence-electron chi connectivity index (χ0n) is 8.78. The Hall–Kier alpha value is -2.02. The predicted octanol–water partition coefficient (Wildman–Crippen LogP) is 1.59. The van der Waals surface area contributed by atoms with Gasteiger partial charge in [0.15, 0.2) is 0 Å². The number of nitrogens with one attached hydrogen (secondary N) is 1. The molecule has 0 saturated carbocycles. The zero-order valence-corrected chi connectivity index (χ0v) is 8.78. The van der Waals surface area contributed by atoms with Gasteiger partial charge >= 0.3 is 6.01 Å². The van der Waals surface area contributed by atoms with E-state index < -0.39 is 11.6 Å². The van der Waals surface area contributed by atoms with Crippen molar-refractivity contribution in [2.24, 2.45) is 5.73 Å². The highest BCUT2D eigenvalue weighted by Gasteiger charge is 2.09. The molecule has 17 heavy (non-hydrogen) atoms. The molecule has 0 unspecified atom stereocenters. The highest BCUT2D eigenvalue weighted by atomic mass is 19.1. The molecule has 0 aliphatic carbocycles. The molecule has 0 bridgehead atoms. The molecule has 3 N–H and O–H groups in total. The van der Waals surface area contributed by atoms with E-state index in [0.717, 1.165) is 18.2 Å². The number of hydrogen-bond acceptors (Lipinski definition) is 5. The predicted molar refractivity (Wildman–Crippen MR) is 56.7 cm³/mol. The van der Waals surface area contributed by atoms with Crippen LogP contribution in [0.2, 0.25) is 0 Å². The van der Waals surface area contributed by atoms with Crippen LogP contribution in [-0.4, -0.2) is 16.7 Å². The van der Waals surface area contributed by atoms with Gasteiger partial charge in [-0.2, -0.15) is 0 Å². The number of rotatable bonds is 4. The van der Waals surface area contributed by atoms with Gasteiger partial charge in [-0.3, -0.25) is 0 Å². The van der Waals surface area contributed by atoms with Crippen molar-refractivity contribution in [3.8, 4) is 0 Å². The minimum Gasteiger partial charge on any atom is -0.408 e. The molecule has 0 spiro atoms. The summed E-state index contributed by atoms with van der Waals surface area (Å²) in [7, 11) is 0. The van der Waals surface area contributed by atoms with E-state index in [9.17, 15) is 8.78 Å². The number of halogens is 2. The summed E-state index contributed by atoms with van der Waals surface area (Å²) in [5.74, 6) is -0.826. The number of benzene rings is 1. The maximum absolute atomic E-state index is 13.3.